The Hall–Kier alpha value is -2.14. The van der Waals surface area contributed by atoms with Gasteiger partial charge in [-0.25, -0.2) is 9.97 Å². The third kappa shape index (κ3) is 3.62. The number of nitrogens with one attached hydrogen (secondary N) is 1. The normalized spacial score (nSPS) is 14.1. The Labute approximate surface area is 140 Å². The minimum Gasteiger partial charge on any atom is -0.356 e. The van der Waals surface area contributed by atoms with E-state index in [4.69, 9.17) is 11.6 Å². The highest BCUT2D eigenvalue weighted by molar-refractivity contribution is 6.30. The molecule has 1 fully saturated rings. The molecule has 1 amide bonds. The smallest absolute Gasteiger partial charge is 0.274 e. The molecule has 23 heavy (non-hydrogen) atoms. The molecule has 3 rings (SSSR count). The molecule has 0 aliphatic carbocycles. The highest BCUT2D eigenvalue weighted by atomic mass is 35.5. The molecule has 1 aliphatic rings. The zero-order valence-electron chi connectivity index (χ0n) is 13.3. The lowest BCUT2D eigenvalue weighted by atomic mass is 10.2. The largest absolute Gasteiger partial charge is 0.356 e. The molecule has 0 spiro atoms. The van der Waals surface area contributed by atoms with Crippen LogP contribution in [-0.2, 0) is 0 Å². The molecule has 2 aromatic rings. The minimum absolute atomic E-state index is 0.235. The van der Waals surface area contributed by atoms with Crippen molar-refractivity contribution in [2.24, 2.45) is 0 Å². The molecular formula is C17H19ClN4O. The van der Waals surface area contributed by atoms with Crippen molar-refractivity contribution in [2.75, 3.05) is 23.3 Å². The number of nitrogens with zero attached hydrogens (tertiary/aromatic N) is 3. The molecule has 0 unspecified atom stereocenters. The first-order chi connectivity index (χ1) is 11.0. The van der Waals surface area contributed by atoms with Crippen LogP contribution >= 0.6 is 11.6 Å². The highest BCUT2D eigenvalue weighted by Crippen LogP contribution is 2.22. The number of aromatic nitrogens is 2. The van der Waals surface area contributed by atoms with Gasteiger partial charge in [-0.05, 0) is 50.5 Å². The maximum Gasteiger partial charge on any atom is 0.274 e. The Morgan fingerprint density at radius 2 is 1.91 bits per heavy atom. The summed E-state index contributed by atoms with van der Waals surface area (Å²) < 4.78 is 0. The lowest BCUT2D eigenvalue weighted by molar-refractivity contribution is 0.102. The molecule has 0 saturated carbocycles. The van der Waals surface area contributed by atoms with Crippen LogP contribution in [0, 0.1) is 13.8 Å². The summed E-state index contributed by atoms with van der Waals surface area (Å²) in [6.45, 7) is 5.67. The second kappa shape index (κ2) is 6.54. The fourth-order valence-corrected chi connectivity index (χ4v) is 2.96. The number of rotatable bonds is 3. The van der Waals surface area contributed by atoms with Crippen molar-refractivity contribution in [3.05, 3.63) is 46.4 Å². The number of carbonyl (C=O) groups excluding carboxylic acids is 1. The molecule has 2 heterocycles. The Balaban J connectivity index is 1.84. The summed E-state index contributed by atoms with van der Waals surface area (Å²) >= 11 is 5.95. The second-order valence-electron chi connectivity index (χ2n) is 5.77. The van der Waals surface area contributed by atoms with Gasteiger partial charge in [0.2, 0.25) is 0 Å². The van der Waals surface area contributed by atoms with Gasteiger partial charge in [0.05, 0.1) is 0 Å². The van der Waals surface area contributed by atoms with E-state index in [2.05, 4.69) is 20.2 Å². The fraction of sp³-hybridized carbons (Fsp3) is 0.353. The van der Waals surface area contributed by atoms with E-state index in [1.54, 1.807) is 18.2 Å². The molecule has 120 valence electrons. The molecule has 1 aromatic heterocycles. The Bertz CT molecular complexity index is 741. The van der Waals surface area contributed by atoms with Crippen LogP contribution in [0.25, 0.3) is 0 Å². The van der Waals surface area contributed by atoms with Crippen molar-refractivity contribution in [2.45, 2.75) is 26.7 Å². The van der Waals surface area contributed by atoms with Crippen molar-refractivity contribution in [3.63, 3.8) is 0 Å². The van der Waals surface area contributed by atoms with Crippen LogP contribution in [0.5, 0.6) is 0 Å². The van der Waals surface area contributed by atoms with Crippen molar-refractivity contribution < 1.29 is 4.79 Å². The summed E-state index contributed by atoms with van der Waals surface area (Å²) in [5, 5.41) is 3.54. The predicted molar refractivity (Wildman–Crippen MR) is 92.4 cm³/mol. The van der Waals surface area contributed by atoms with Crippen molar-refractivity contribution in [3.8, 4) is 0 Å². The van der Waals surface area contributed by atoms with Gasteiger partial charge in [-0.15, -0.1) is 0 Å². The third-order valence-corrected chi connectivity index (χ3v) is 4.16. The average molecular weight is 331 g/mol. The van der Waals surface area contributed by atoms with Gasteiger partial charge in [0.15, 0.2) is 0 Å². The molecule has 1 N–H and O–H groups in total. The SMILES string of the molecule is Cc1nc(C(=O)Nc2ccc(Cl)cc2C)cc(N2CCCC2)n1. The van der Waals surface area contributed by atoms with Crippen LogP contribution < -0.4 is 10.2 Å². The second-order valence-corrected chi connectivity index (χ2v) is 6.20. The van der Waals surface area contributed by atoms with E-state index in [1.165, 1.54) is 0 Å². The van der Waals surface area contributed by atoms with Gasteiger partial charge in [0.25, 0.3) is 5.91 Å². The molecule has 1 saturated heterocycles. The van der Waals surface area contributed by atoms with Crippen LogP contribution in [-0.4, -0.2) is 29.0 Å². The summed E-state index contributed by atoms with van der Waals surface area (Å²) in [6, 6.07) is 7.13. The zero-order valence-corrected chi connectivity index (χ0v) is 14.0. The molecule has 0 radical (unpaired) electrons. The fourth-order valence-electron chi connectivity index (χ4n) is 2.73. The summed E-state index contributed by atoms with van der Waals surface area (Å²) in [5.41, 5.74) is 2.03. The lowest BCUT2D eigenvalue weighted by Gasteiger charge is -2.17. The van der Waals surface area contributed by atoms with E-state index in [9.17, 15) is 4.79 Å². The van der Waals surface area contributed by atoms with Crippen LogP contribution in [0.1, 0.15) is 34.7 Å². The Kier molecular flexibility index (Phi) is 4.48. The van der Waals surface area contributed by atoms with E-state index in [0.29, 0.717) is 16.5 Å². The molecule has 1 aromatic carbocycles. The van der Waals surface area contributed by atoms with Gasteiger partial charge in [0, 0.05) is 29.9 Å². The number of amides is 1. The number of anilines is 2. The van der Waals surface area contributed by atoms with Gasteiger partial charge >= 0.3 is 0 Å². The van der Waals surface area contributed by atoms with Gasteiger partial charge < -0.3 is 10.2 Å². The van der Waals surface area contributed by atoms with Crippen LogP contribution in [0.4, 0.5) is 11.5 Å². The topological polar surface area (TPSA) is 58.1 Å². The third-order valence-electron chi connectivity index (χ3n) is 3.92. The van der Waals surface area contributed by atoms with Crippen molar-refractivity contribution in [1.29, 1.82) is 0 Å². The van der Waals surface area contributed by atoms with Gasteiger partial charge in [-0.3, -0.25) is 4.79 Å². The number of carbonyl (C=O) groups is 1. The quantitative estimate of drug-likeness (QED) is 0.934. The van der Waals surface area contributed by atoms with E-state index in [-0.39, 0.29) is 5.91 Å². The monoisotopic (exact) mass is 330 g/mol. The summed E-state index contributed by atoms with van der Waals surface area (Å²) in [5.74, 6) is 1.20. The van der Waals surface area contributed by atoms with Gasteiger partial charge in [-0.1, -0.05) is 11.6 Å². The maximum atomic E-state index is 12.5. The van der Waals surface area contributed by atoms with E-state index in [1.807, 2.05) is 19.9 Å². The van der Waals surface area contributed by atoms with Crippen LogP contribution in [0.2, 0.25) is 5.02 Å². The summed E-state index contributed by atoms with van der Waals surface area (Å²) in [4.78, 5) is 23.4. The molecule has 1 aliphatic heterocycles. The summed E-state index contributed by atoms with van der Waals surface area (Å²) in [7, 11) is 0. The first kappa shape index (κ1) is 15.7. The Morgan fingerprint density at radius 1 is 1.17 bits per heavy atom. The average Bonchev–Trinajstić information content (AvgIpc) is 3.04. The van der Waals surface area contributed by atoms with Crippen LogP contribution in [0.3, 0.4) is 0 Å². The lowest BCUT2D eigenvalue weighted by Crippen LogP contribution is -2.22. The number of hydrogen-bond donors (Lipinski definition) is 1. The van der Waals surface area contributed by atoms with Crippen molar-refractivity contribution in [1.82, 2.24) is 9.97 Å². The first-order valence-electron chi connectivity index (χ1n) is 7.71. The minimum atomic E-state index is -0.235. The Morgan fingerprint density at radius 3 is 2.61 bits per heavy atom. The van der Waals surface area contributed by atoms with E-state index >= 15 is 0 Å². The van der Waals surface area contributed by atoms with Crippen LogP contribution in [0.15, 0.2) is 24.3 Å². The molecular weight excluding hydrogens is 312 g/mol. The maximum absolute atomic E-state index is 12.5. The molecule has 6 heteroatoms. The standard InChI is InChI=1S/C17H19ClN4O/c1-11-9-13(18)5-6-14(11)21-17(23)15-10-16(20-12(2)19-15)22-7-3-4-8-22/h5-6,9-10H,3-4,7-8H2,1-2H3,(H,21,23). The molecule has 0 bridgehead atoms. The van der Waals surface area contributed by atoms with Gasteiger partial charge in [0.1, 0.15) is 17.3 Å². The summed E-state index contributed by atoms with van der Waals surface area (Å²) in [6.07, 6.45) is 2.32. The number of aryl methyl sites for hydroxylation is 2. The number of hydrogen-bond acceptors (Lipinski definition) is 4. The first-order valence-corrected chi connectivity index (χ1v) is 8.09. The molecule has 0 atom stereocenters. The van der Waals surface area contributed by atoms with E-state index < -0.39 is 0 Å². The molecule has 5 nitrogen and oxygen atoms in total. The number of benzene rings is 1. The highest BCUT2D eigenvalue weighted by Gasteiger charge is 2.18. The van der Waals surface area contributed by atoms with E-state index in [0.717, 1.165) is 43.0 Å². The van der Waals surface area contributed by atoms with Crippen molar-refractivity contribution >= 4 is 29.0 Å². The van der Waals surface area contributed by atoms with Gasteiger partial charge in [-0.2, -0.15) is 0 Å². The zero-order chi connectivity index (χ0) is 16.4. The predicted octanol–water partition coefficient (Wildman–Crippen LogP) is 3.60. The number of halogens is 1.